The lowest BCUT2D eigenvalue weighted by Crippen LogP contribution is -2.38. The number of benzene rings is 1. The summed E-state index contributed by atoms with van der Waals surface area (Å²) in [5.41, 5.74) is 0.636. The van der Waals surface area contributed by atoms with Crippen LogP contribution in [0.1, 0.15) is 27.7 Å². The fourth-order valence-electron chi connectivity index (χ4n) is 2.96. The van der Waals surface area contributed by atoms with E-state index in [1.807, 2.05) is 4.90 Å². The topological polar surface area (TPSA) is 86.9 Å². The molecule has 0 atom stereocenters. The molecule has 0 aliphatic heterocycles. The molecule has 166 valence electrons. The highest BCUT2D eigenvalue weighted by Gasteiger charge is 2.20. The molecule has 0 unspecified atom stereocenters. The van der Waals surface area contributed by atoms with Crippen LogP contribution in [-0.2, 0) is 4.79 Å². The van der Waals surface area contributed by atoms with Crippen LogP contribution in [0.2, 0.25) is 0 Å². The van der Waals surface area contributed by atoms with E-state index in [-0.39, 0.29) is 11.7 Å². The number of nitrogens with zero attached hydrogens (tertiary/aromatic N) is 3. The minimum absolute atomic E-state index is 0.0648. The van der Waals surface area contributed by atoms with Gasteiger partial charge in [0.15, 0.2) is 11.5 Å². The molecule has 0 spiro atoms. The second-order valence-electron chi connectivity index (χ2n) is 7.66. The third-order valence-electron chi connectivity index (χ3n) is 4.16. The number of aromatic nitrogens is 2. The largest absolute Gasteiger partial charge is 0.493 e. The van der Waals surface area contributed by atoms with Crippen LogP contribution in [0.15, 0.2) is 21.8 Å². The Morgan fingerprint density at radius 1 is 1.00 bits per heavy atom. The quantitative estimate of drug-likeness (QED) is 0.488. The zero-order chi connectivity index (χ0) is 22.3. The van der Waals surface area contributed by atoms with E-state index in [0.717, 1.165) is 13.1 Å². The Morgan fingerprint density at radius 3 is 2.03 bits per heavy atom. The number of rotatable bonds is 11. The SMILES string of the molecule is COc1cc(-c2nnc(SCC(=O)N(CC(C)C)CC(C)C)o2)cc(OC)c1OC. The summed E-state index contributed by atoms with van der Waals surface area (Å²) in [7, 11) is 4.63. The monoisotopic (exact) mass is 437 g/mol. The number of amides is 1. The number of methoxy groups -OCH3 is 3. The van der Waals surface area contributed by atoms with Gasteiger partial charge in [-0.05, 0) is 24.0 Å². The first-order valence-corrected chi connectivity index (χ1v) is 10.8. The Kier molecular flexibility index (Phi) is 8.83. The molecule has 0 radical (unpaired) electrons. The average molecular weight is 438 g/mol. The van der Waals surface area contributed by atoms with Crippen molar-refractivity contribution < 1.29 is 23.4 Å². The maximum absolute atomic E-state index is 12.7. The molecule has 0 fully saturated rings. The maximum Gasteiger partial charge on any atom is 0.277 e. The third-order valence-corrected chi connectivity index (χ3v) is 4.96. The predicted molar refractivity (Wildman–Crippen MR) is 116 cm³/mol. The highest BCUT2D eigenvalue weighted by molar-refractivity contribution is 7.99. The summed E-state index contributed by atoms with van der Waals surface area (Å²) in [6, 6.07) is 3.48. The van der Waals surface area contributed by atoms with Gasteiger partial charge in [0, 0.05) is 18.7 Å². The highest BCUT2D eigenvalue weighted by Crippen LogP contribution is 2.41. The Bertz CT molecular complexity index is 803. The molecule has 1 heterocycles. The normalized spacial score (nSPS) is 11.1. The molecule has 1 amide bonds. The van der Waals surface area contributed by atoms with Gasteiger partial charge >= 0.3 is 0 Å². The molecule has 9 heteroatoms. The van der Waals surface area contributed by atoms with E-state index < -0.39 is 0 Å². The lowest BCUT2D eigenvalue weighted by molar-refractivity contribution is -0.129. The molecule has 0 aliphatic rings. The fourth-order valence-corrected chi connectivity index (χ4v) is 3.63. The minimum Gasteiger partial charge on any atom is -0.493 e. The second-order valence-corrected chi connectivity index (χ2v) is 8.59. The number of carbonyl (C=O) groups excluding carboxylic acids is 1. The van der Waals surface area contributed by atoms with E-state index in [4.69, 9.17) is 18.6 Å². The number of carbonyl (C=O) groups is 1. The zero-order valence-corrected chi connectivity index (χ0v) is 19.5. The summed E-state index contributed by atoms with van der Waals surface area (Å²) in [6.45, 7) is 9.89. The second kappa shape index (κ2) is 11.1. The molecule has 2 aromatic rings. The Labute approximate surface area is 182 Å². The van der Waals surface area contributed by atoms with Crippen molar-refractivity contribution in [3.05, 3.63) is 12.1 Å². The Morgan fingerprint density at radius 2 is 1.57 bits per heavy atom. The average Bonchev–Trinajstić information content (AvgIpc) is 3.18. The van der Waals surface area contributed by atoms with Gasteiger partial charge in [0.25, 0.3) is 5.22 Å². The zero-order valence-electron chi connectivity index (χ0n) is 18.7. The van der Waals surface area contributed by atoms with Gasteiger partial charge in [-0.25, -0.2) is 0 Å². The molecule has 0 saturated heterocycles. The number of hydrogen-bond donors (Lipinski definition) is 0. The van der Waals surface area contributed by atoms with Crippen LogP contribution in [0.25, 0.3) is 11.5 Å². The van der Waals surface area contributed by atoms with Gasteiger partial charge in [-0.2, -0.15) is 0 Å². The van der Waals surface area contributed by atoms with Gasteiger partial charge in [0.1, 0.15) is 0 Å². The van der Waals surface area contributed by atoms with Gasteiger partial charge in [0.2, 0.25) is 17.5 Å². The Balaban J connectivity index is 2.12. The molecular formula is C21H31N3O5S. The lowest BCUT2D eigenvalue weighted by Gasteiger charge is -2.26. The lowest BCUT2D eigenvalue weighted by atomic mass is 10.1. The van der Waals surface area contributed by atoms with Crippen molar-refractivity contribution in [2.24, 2.45) is 11.8 Å². The summed E-state index contributed by atoms with van der Waals surface area (Å²) in [6.07, 6.45) is 0. The molecule has 0 saturated carbocycles. The smallest absolute Gasteiger partial charge is 0.277 e. The molecular weight excluding hydrogens is 406 g/mol. The molecule has 0 N–H and O–H groups in total. The van der Waals surface area contributed by atoms with Gasteiger partial charge in [-0.3, -0.25) is 4.79 Å². The van der Waals surface area contributed by atoms with Gasteiger partial charge < -0.3 is 23.5 Å². The Hall–Kier alpha value is -2.42. The molecule has 1 aromatic heterocycles. The van der Waals surface area contributed by atoms with E-state index in [1.54, 1.807) is 33.5 Å². The van der Waals surface area contributed by atoms with Crippen LogP contribution in [0.5, 0.6) is 17.2 Å². The first kappa shape index (κ1) is 23.9. The maximum atomic E-state index is 12.7. The summed E-state index contributed by atoms with van der Waals surface area (Å²) in [5, 5.41) is 8.49. The first-order chi connectivity index (χ1) is 14.3. The summed E-state index contributed by atoms with van der Waals surface area (Å²) >= 11 is 1.24. The number of thioether (sulfide) groups is 1. The molecule has 8 nitrogen and oxygen atoms in total. The highest BCUT2D eigenvalue weighted by atomic mass is 32.2. The molecule has 0 bridgehead atoms. The van der Waals surface area contributed by atoms with Crippen molar-refractivity contribution in [1.29, 1.82) is 0 Å². The van der Waals surface area contributed by atoms with E-state index in [1.165, 1.54) is 11.8 Å². The van der Waals surface area contributed by atoms with Crippen LogP contribution in [0.3, 0.4) is 0 Å². The molecule has 2 rings (SSSR count). The fraction of sp³-hybridized carbons (Fsp3) is 0.571. The number of hydrogen-bond acceptors (Lipinski definition) is 8. The van der Waals surface area contributed by atoms with Gasteiger partial charge in [-0.1, -0.05) is 39.5 Å². The van der Waals surface area contributed by atoms with E-state index in [2.05, 4.69) is 37.9 Å². The van der Waals surface area contributed by atoms with Crippen molar-refractivity contribution in [3.8, 4) is 28.7 Å². The third kappa shape index (κ3) is 6.29. The van der Waals surface area contributed by atoms with Crippen molar-refractivity contribution >= 4 is 17.7 Å². The van der Waals surface area contributed by atoms with E-state index in [9.17, 15) is 4.79 Å². The van der Waals surface area contributed by atoms with Crippen molar-refractivity contribution in [3.63, 3.8) is 0 Å². The van der Waals surface area contributed by atoms with Crippen LogP contribution in [-0.4, -0.2) is 61.2 Å². The number of ether oxygens (including phenoxy) is 3. The predicted octanol–water partition coefficient (Wildman–Crippen LogP) is 4.00. The summed E-state index contributed by atoms with van der Waals surface area (Å²) in [4.78, 5) is 14.6. The van der Waals surface area contributed by atoms with Crippen LogP contribution in [0, 0.1) is 11.8 Å². The van der Waals surface area contributed by atoms with E-state index in [0.29, 0.717) is 45.8 Å². The van der Waals surface area contributed by atoms with Crippen molar-refractivity contribution in [2.45, 2.75) is 32.9 Å². The van der Waals surface area contributed by atoms with Crippen molar-refractivity contribution in [1.82, 2.24) is 15.1 Å². The minimum atomic E-state index is 0.0648. The van der Waals surface area contributed by atoms with Crippen LogP contribution in [0.4, 0.5) is 0 Å². The molecule has 0 aliphatic carbocycles. The van der Waals surface area contributed by atoms with Crippen LogP contribution < -0.4 is 14.2 Å². The molecule has 30 heavy (non-hydrogen) atoms. The first-order valence-electron chi connectivity index (χ1n) is 9.83. The van der Waals surface area contributed by atoms with Gasteiger partial charge in [0.05, 0.1) is 27.1 Å². The summed E-state index contributed by atoms with van der Waals surface area (Å²) in [5.74, 6) is 2.91. The van der Waals surface area contributed by atoms with Crippen molar-refractivity contribution in [2.75, 3.05) is 40.2 Å². The van der Waals surface area contributed by atoms with Gasteiger partial charge in [-0.15, -0.1) is 10.2 Å². The standard InChI is InChI=1S/C21H31N3O5S/c1-13(2)10-24(11-14(3)4)18(25)12-30-21-23-22-20(29-21)15-8-16(26-5)19(28-7)17(9-15)27-6/h8-9,13-14H,10-12H2,1-7H3. The summed E-state index contributed by atoms with van der Waals surface area (Å²) < 4.78 is 21.8. The van der Waals surface area contributed by atoms with Crippen LogP contribution >= 0.6 is 11.8 Å². The van der Waals surface area contributed by atoms with E-state index >= 15 is 0 Å². The molecule has 1 aromatic carbocycles.